The van der Waals surface area contributed by atoms with Crippen molar-refractivity contribution in [3.63, 3.8) is 0 Å². The average Bonchev–Trinajstić information content (AvgIpc) is 2.28. The molecule has 0 aliphatic carbocycles. The van der Waals surface area contributed by atoms with Gasteiger partial charge in [0.1, 0.15) is 11.0 Å². The molecule has 2 aromatic rings. The number of nitrogen functional groups attached to an aromatic ring is 1. The van der Waals surface area contributed by atoms with Gasteiger partial charge in [-0.15, -0.1) is 0 Å². The van der Waals surface area contributed by atoms with Crippen molar-refractivity contribution in [3.8, 4) is 0 Å². The van der Waals surface area contributed by atoms with Gasteiger partial charge in [0.25, 0.3) is 0 Å². The van der Waals surface area contributed by atoms with Gasteiger partial charge in [0.2, 0.25) is 0 Å². The van der Waals surface area contributed by atoms with Crippen LogP contribution < -0.4 is 11.1 Å². The van der Waals surface area contributed by atoms with Crippen LogP contribution in [0.25, 0.3) is 0 Å². The molecule has 0 bridgehead atoms. The molecule has 0 spiro atoms. The van der Waals surface area contributed by atoms with Gasteiger partial charge < -0.3 is 11.1 Å². The topological polar surface area (TPSA) is 50.9 Å². The van der Waals surface area contributed by atoms with Crippen molar-refractivity contribution >= 4 is 23.1 Å². The van der Waals surface area contributed by atoms with Crippen LogP contribution in [0, 0.1) is 6.92 Å². The Morgan fingerprint density at radius 1 is 1.22 bits per heavy atom. The highest BCUT2D eigenvalue weighted by molar-refractivity contribution is 6.29. The summed E-state index contributed by atoms with van der Waals surface area (Å²) in [4.78, 5) is 4.19. The number of anilines is 2. The normalized spacial score (nSPS) is 12.2. The van der Waals surface area contributed by atoms with E-state index in [1.54, 1.807) is 12.1 Å². The quantitative estimate of drug-likeness (QED) is 0.827. The maximum absolute atomic E-state index is 5.87. The van der Waals surface area contributed by atoms with Crippen molar-refractivity contribution in [1.29, 1.82) is 0 Å². The number of benzene rings is 1. The monoisotopic (exact) mass is 261 g/mol. The third-order valence-corrected chi connectivity index (χ3v) is 2.95. The molecule has 0 aliphatic heterocycles. The maximum atomic E-state index is 5.87. The van der Waals surface area contributed by atoms with Crippen LogP contribution in [0.2, 0.25) is 5.15 Å². The summed E-state index contributed by atoms with van der Waals surface area (Å²) < 4.78 is 0. The standard InChI is InChI=1S/C14H16ClN3/c1-9-3-5-11(6-4-9)10(2)17-14-8-12(16)7-13(15)18-14/h3-8,10H,1-2H3,(H3,16,17,18). The first-order valence-corrected chi connectivity index (χ1v) is 6.18. The lowest BCUT2D eigenvalue weighted by Crippen LogP contribution is -2.08. The molecule has 3 nitrogen and oxygen atoms in total. The molecule has 0 amide bonds. The number of pyridine rings is 1. The Labute approximate surface area is 112 Å². The minimum Gasteiger partial charge on any atom is -0.399 e. The maximum Gasteiger partial charge on any atom is 0.133 e. The van der Waals surface area contributed by atoms with Gasteiger partial charge in [0.05, 0.1) is 0 Å². The minimum atomic E-state index is 0.149. The molecular formula is C14H16ClN3. The number of aryl methyl sites for hydroxylation is 1. The van der Waals surface area contributed by atoms with E-state index < -0.39 is 0 Å². The molecular weight excluding hydrogens is 246 g/mol. The number of hydrogen-bond donors (Lipinski definition) is 2. The second-order valence-corrected chi connectivity index (χ2v) is 4.77. The van der Waals surface area contributed by atoms with E-state index in [1.165, 1.54) is 11.1 Å². The SMILES string of the molecule is Cc1ccc(C(C)Nc2cc(N)cc(Cl)n2)cc1. The first kappa shape index (κ1) is 12.7. The number of halogens is 1. The summed E-state index contributed by atoms with van der Waals surface area (Å²) in [6.45, 7) is 4.14. The van der Waals surface area contributed by atoms with Crippen molar-refractivity contribution in [1.82, 2.24) is 4.98 Å². The average molecular weight is 262 g/mol. The van der Waals surface area contributed by atoms with E-state index in [2.05, 4.69) is 48.4 Å². The van der Waals surface area contributed by atoms with Gasteiger partial charge >= 0.3 is 0 Å². The lowest BCUT2D eigenvalue weighted by Gasteiger charge is -2.15. The van der Waals surface area contributed by atoms with E-state index in [9.17, 15) is 0 Å². The fourth-order valence-electron chi connectivity index (χ4n) is 1.75. The van der Waals surface area contributed by atoms with Gasteiger partial charge in [-0.05, 0) is 25.5 Å². The Balaban J connectivity index is 2.15. The van der Waals surface area contributed by atoms with Gasteiger partial charge in [-0.25, -0.2) is 4.98 Å². The van der Waals surface area contributed by atoms with Crippen molar-refractivity contribution in [2.75, 3.05) is 11.1 Å². The predicted molar refractivity (Wildman–Crippen MR) is 76.9 cm³/mol. The van der Waals surface area contributed by atoms with Crippen molar-refractivity contribution in [3.05, 3.63) is 52.7 Å². The summed E-state index contributed by atoms with van der Waals surface area (Å²) in [7, 11) is 0. The zero-order valence-electron chi connectivity index (χ0n) is 10.4. The van der Waals surface area contributed by atoms with Gasteiger partial charge in [0.15, 0.2) is 0 Å². The smallest absolute Gasteiger partial charge is 0.133 e. The molecule has 0 fully saturated rings. The number of aromatic nitrogens is 1. The number of nitrogens with two attached hydrogens (primary N) is 1. The zero-order valence-corrected chi connectivity index (χ0v) is 11.2. The molecule has 3 N–H and O–H groups in total. The van der Waals surface area contributed by atoms with Gasteiger partial charge in [-0.1, -0.05) is 41.4 Å². The van der Waals surface area contributed by atoms with Gasteiger partial charge in [0, 0.05) is 17.8 Å². The summed E-state index contributed by atoms with van der Waals surface area (Å²) in [5, 5.41) is 3.68. The molecule has 18 heavy (non-hydrogen) atoms. The first-order chi connectivity index (χ1) is 8.54. The molecule has 1 aromatic carbocycles. The predicted octanol–water partition coefficient (Wildman–Crippen LogP) is 3.80. The van der Waals surface area contributed by atoms with Crippen LogP contribution in [-0.4, -0.2) is 4.98 Å². The van der Waals surface area contributed by atoms with E-state index in [1.807, 2.05) is 0 Å². The Morgan fingerprint density at radius 2 is 1.89 bits per heavy atom. The summed E-state index contributed by atoms with van der Waals surface area (Å²) in [6, 6.07) is 11.9. The Bertz CT molecular complexity index is 517. The summed E-state index contributed by atoms with van der Waals surface area (Å²) in [6.07, 6.45) is 0. The largest absolute Gasteiger partial charge is 0.399 e. The number of nitrogens with zero attached hydrogens (tertiary/aromatic N) is 1. The Hall–Kier alpha value is -1.74. The molecule has 1 aromatic heterocycles. The molecule has 4 heteroatoms. The van der Waals surface area contributed by atoms with Crippen molar-refractivity contribution in [2.45, 2.75) is 19.9 Å². The van der Waals surface area contributed by atoms with Gasteiger partial charge in [-0.2, -0.15) is 0 Å². The summed E-state index contributed by atoms with van der Waals surface area (Å²) in [5.41, 5.74) is 8.78. The second-order valence-electron chi connectivity index (χ2n) is 4.39. The fraction of sp³-hybridized carbons (Fsp3) is 0.214. The molecule has 0 aliphatic rings. The highest BCUT2D eigenvalue weighted by Gasteiger charge is 2.06. The van der Waals surface area contributed by atoms with E-state index in [4.69, 9.17) is 17.3 Å². The molecule has 0 saturated carbocycles. The van der Waals surface area contributed by atoms with Crippen LogP contribution >= 0.6 is 11.6 Å². The lowest BCUT2D eigenvalue weighted by molar-refractivity contribution is 0.874. The van der Waals surface area contributed by atoms with Crippen molar-refractivity contribution in [2.24, 2.45) is 0 Å². The highest BCUT2D eigenvalue weighted by atomic mass is 35.5. The number of hydrogen-bond acceptors (Lipinski definition) is 3. The van der Waals surface area contributed by atoms with Crippen LogP contribution in [0.4, 0.5) is 11.5 Å². The van der Waals surface area contributed by atoms with Crippen LogP contribution in [0.1, 0.15) is 24.1 Å². The number of rotatable bonds is 3. The zero-order chi connectivity index (χ0) is 13.1. The molecule has 0 saturated heterocycles. The second kappa shape index (κ2) is 5.27. The Kier molecular flexibility index (Phi) is 3.72. The lowest BCUT2D eigenvalue weighted by atomic mass is 10.1. The van der Waals surface area contributed by atoms with Crippen LogP contribution in [0.5, 0.6) is 0 Å². The summed E-state index contributed by atoms with van der Waals surface area (Å²) in [5.74, 6) is 0.688. The first-order valence-electron chi connectivity index (χ1n) is 5.81. The van der Waals surface area contributed by atoms with Crippen LogP contribution in [-0.2, 0) is 0 Å². The molecule has 94 valence electrons. The van der Waals surface area contributed by atoms with E-state index >= 15 is 0 Å². The van der Waals surface area contributed by atoms with Gasteiger partial charge in [-0.3, -0.25) is 0 Å². The van der Waals surface area contributed by atoms with E-state index in [0.717, 1.165) is 0 Å². The third kappa shape index (κ3) is 3.14. The minimum absolute atomic E-state index is 0.149. The third-order valence-electron chi connectivity index (χ3n) is 2.76. The van der Waals surface area contributed by atoms with Crippen LogP contribution in [0.15, 0.2) is 36.4 Å². The molecule has 0 radical (unpaired) electrons. The number of nitrogens with one attached hydrogen (secondary N) is 1. The molecule has 1 heterocycles. The summed E-state index contributed by atoms with van der Waals surface area (Å²) >= 11 is 5.87. The highest BCUT2D eigenvalue weighted by Crippen LogP contribution is 2.21. The fourth-order valence-corrected chi connectivity index (χ4v) is 1.97. The Morgan fingerprint density at radius 3 is 2.50 bits per heavy atom. The molecule has 2 rings (SSSR count). The van der Waals surface area contributed by atoms with Crippen molar-refractivity contribution < 1.29 is 0 Å². The molecule has 1 atom stereocenters. The molecule has 1 unspecified atom stereocenters. The van der Waals surface area contributed by atoms with Crippen LogP contribution in [0.3, 0.4) is 0 Å². The van der Waals surface area contributed by atoms with E-state index in [0.29, 0.717) is 16.7 Å². The van der Waals surface area contributed by atoms with E-state index in [-0.39, 0.29) is 6.04 Å².